The molecule has 5 heteroatoms. The van der Waals surface area contributed by atoms with Crippen LogP contribution in [0.4, 0.5) is 5.69 Å². The zero-order chi connectivity index (χ0) is 14.1. The van der Waals surface area contributed by atoms with E-state index in [2.05, 4.69) is 51.6 Å². The second-order valence-corrected chi connectivity index (χ2v) is 5.73. The maximum Gasteiger partial charge on any atom is 0.137 e. The highest BCUT2D eigenvalue weighted by Crippen LogP contribution is 2.22. The van der Waals surface area contributed by atoms with Gasteiger partial charge < -0.3 is 19.9 Å². The normalized spacial score (nSPS) is 17.8. The number of anilines is 1. The minimum atomic E-state index is 0.488. The monoisotopic (exact) mass is 273 g/mol. The van der Waals surface area contributed by atoms with E-state index in [-0.39, 0.29) is 0 Å². The third-order valence-corrected chi connectivity index (χ3v) is 4.34. The van der Waals surface area contributed by atoms with Crippen molar-refractivity contribution in [3.63, 3.8) is 0 Å². The lowest BCUT2D eigenvalue weighted by Gasteiger charge is -2.36. The van der Waals surface area contributed by atoms with Crippen LogP contribution in [0.25, 0.3) is 5.65 Å². The molecule has 20 heavy (non-hydrogen) atoms. The van der Waals surface area contributed by atoms with Gasteiger partial charge in [-0.05, 0) is 45.1 Å². The molecule has 0 radical (unpaired) electrons. The number of pyridine rings is 1. The quantitative estimate of drug-likeness (QED) is 0.916. The van der Waals surface area contributed by atoms with Gasteiger partial charge in [0.25, 0.3) is 0 Å². The standard InChI is InChI=1S/C15H23N5/c1-18-7-5-13(6-8-18)19(2)14-3-4-15-17-12(9-16)10-20(15)11-14/h3-4,10-11,13H,5-9,16H2,1-2H3. The molecule has 2 aromatic rings. The number of likely N-dealkylation sites (tertiary alicyclic amines) is 1. The lowest BCUT2D eigenvalue weighted by molar-refractivity contribution is 0.253. The third kappa shape index (κ3) is 2.51. The molecule has 0 aromatic carbocycles. The number of fused-ring (bicyclic) bond motifs is 1. The van der Waals surface area contributed by atoms with Gasteiger partial charge in [-0.15, -0.1) is 0 Å². The molecule has 0 spiro atoms. The van der Waals surface area contributed by atoms with Gasteiger partial charge in [-0.1, -0.05) is 0 Å². The van der Waals surface area contributed by atoms with Gasteiger partial charge >= 0.3 is 0 Å². The molecule has 2 aromatic heterocycles. The fraction of sp³-hybridized carbons (Fsp3) is 0.533. The lowest BCUT2D eigenvalue weighted by Crippen LogP contribution is -2.42. The predicted octanol–water partition coefficient (Wildman–Crippen LogP) is 1.32. The topological polar surface area (TPSA) is 49.8 Å². The number of hydrogen-bond acceptors (Lipinski definition) is 4. The van der Waals surface area contributed by atoms with Gasteiger partial charge in [0, 0.05) is 32.0 Å². The van der Waals surface area contributed by atoms with Crippen LogP contribution >= 0.6 is 0 Å². The fourth-order valence-corrected chi connectivity index (χ4v) is 2.93. The van der Waals surface area contributed by atoms with E-state index >= 15 is 0 Å². The molecule has 108 valence electrons. The van der Waals surface area contributed by atoms with Crippen molar-refractivity contribution in [3.8, 4) is 0 Å². The second kappa shape index (κ2) is 5.42. The summed E-state index contributed by atoms with van der Waals surface area (Å²) in [5, 5.41) is 0. The molecule has 0 aliphatic carbocycles. The Labute approximate surface area is 120 Å². The summed E-state index contributed by atoms with van der Waals surface area (Å²) in [6, 6.07) is 4.85. The summed E-state index contributed by atoms with van der Waals surface area (Å²) in [6.45, 7) is 2.85. The summed E-state index contributed by atoms with van der Waals surface area (Å²) in [5.74, 6) is 0. The van der Waals surface area contributed by atoms with Gasteiger partial charge in [0.1, 0.15) is 5.65 Å². The number of nitrogens with zero attached hydrogens (tertiary/aromatic N) is 4. The number of piperidine rings is 1. The van der Waals surface area contributed by atoms with Crippen LogP contribution in [0.1, 0.15) is 18.5 Å². The number of imidazole rings is 1. The smallest absolute Gasteiger partial charge is 0.137 e. The number of nitrogens with two attached hydrogens (primary N) is 1. The molecule has 5 nitrogen and oxygen atoms in total. The van der Waals surface area contributed by atoms with E-state index in [0.717, 1.165) is 11.3 Å². The Hall–Kier alpha value is -1.59. The number of aromatic nitrogens is 2. The Morgan fingerprint density at radius 2 is 2.05 bits per heavy atom. The van der Waals surface area contributed by atoms with Crippen LogP contribution < -0.4 is 10.6 Å². The van der Waals surface area contributed by atoms with Crippen molar-refractivity contribution in [2.45, 2.75) is 25.4 Å². The van der Waals surface area contributed by atoms with Gasteiger partial charge in [0.15, 0.2) is 0 Å². The molecular formula is C15H23N5. The molecule has 1 fully saturated rings. The molecule has 0 atom stereocenters. The molecule has 0 saturated carbocycles. The first kappa shape index (κ1) is 13.4. The molecule has 1 saturated heterocycles. The molecule has 0 unspecified atom stereocenters. The second-order valence-electron chi connectivity index (χ2n) is 5.73. The molecule has 3 heterocycles. The van der Waals surface area contributed by atoms with Crippen LogP contribution in [0.15, 0.2) is 24.5 Å². The van der Waals surface area contributed by atoms with Crippen molar-refractivity contribution < 1.29 is 0 Å². The van der Waals surface area contributed by atoms with E-state index < -0.39 is 0 Å². The van der Waals surface area contributed by atoms with E-state index in [0.29, 0.717) is 12.6 Å². The van der Waals surface area contributed by atoms with Crippen molar-refractivity contribution in [2.24, 2.45) is 5.73 Å². The van der Waals surface area contributed by atoms with Crippen LogP contribution in [0, 0.1) is 0 Å². The minimum Gasteiger partial charge on any atom is -0.370 e. The third-order valence-electron chi connectivity index (χ3n) is 4.34. The summed E-state index contributed by atoms with van der Waals surface area (Å²) in [6.07, 6.45) is 6.62. The van der Waals surface area contributed by atoms with Gasteiger partial charge in [-0.2, -0.15) is 0 Å². The highest BCUT2D eigenvalue weighted by atomic mass is 15.2. The molecule has 1 aliphatic rings. The molecular weight excluding hydrogens is 250 g/mol. The molecule has 0 amide bonds. The number of rotatable bonds is 3. The van der Waals surface area contributed by atoms with Gasteiger partial charge in [-0.3, -0.25) is 0 Å². The average molecular weight is 273 g/mol. The average Bonchev–Trinajstić information content (AvgIpc) is 2.89. The number of hydrogen-bond donors (Lipinski definition) is 1. The van der Waals surface area contributed by atoms with Crippen molar-refractivity contribution in [1.82, 2.24) is 14.3 Å². The maximum atomic E-state index is 5.65. The van der Waals surface area contributed by atoms with Gasteiger partial charge in [0.05, 0.1) is 11.4 Å². The van der Waals surface area contributed by atoms with Crippen LogP contribution in [0.5, 0.6) is 0 Å². The molecule has 0 bridgehead atoms. The highest BCUT2D eigenvalue weighted by Gasteiger charge is 2.21. The van der Waals surface area contributed by atoms with E-state index in [4.69, 9.17) is 5.73 Å². The summed E-state index contributed by atoms with van der Waals surface area (Å²) in [4.78, 5) is 9.26. The highest BCUT2D eigenvalue weighted by molar-refractivity contribution is 5.52. The Kier molecular flexibility index (Phi) is 3.63. The van der Waals surface area contributed by atoms with Crippen LogP contribution in [-0.2, 0) is 6.54 Å². The van der Waals surface area contributed by atoms with E-state index in [9.17, 15) is 0 Å². The fourth-order valence-electron chi connectivity index (χ4n) is 2.93. The summed E-state index contributed by atoms with van der Waals surface area (Å²) in [7, 11) is 4.39. The van der Waals surface area contributed by atoms with E-state index in [1.54, 1.807) is 0 Å². The Morgan fingerprint density at radius 3 is 2.75 bits per heavy atom. The minimum absolute atomic E-state index is 0.488. The van der Waals surface area contributed by atoms with E-state index in [1.165, 1.54) is 31.6 Å². The van der Waals surface area contributed by atoms with Crippen LogP contribution in [0.3, 0.4) is 0 Å². The zero-order valence-corrected chi connectivity index (χ0v) is 12.3. The predicted molar refractivity (Wildman–Crippen MR) is 82.0 cm³/mol. The Morgan fingerprint density at radius 1 is 1.30 bits per heavy atom. The zero-order valence-electron chi connectivity index (χ0n) is 12.3. The van der Waals surface area contributed by atoms with E-state index in [1.807, 2.05) is 6.20 Å². The van der Waals surface area contributed by atoms with Crippen molar-refractivity contribution in [3.05, 3.63) is 30.2 Å². The van der Waals surface area contributed by atoms with Crippen molar-refractivity contribution in [2.75, 3.05) is 32.1 Å². The molecule has 1 aliphatic heterocycles. The lowest BCUT2D eigenvalue weighted by atomic mass is 10.0. The van der Waals surface area contributed by atoms with Crippen molar-refractivity contribution in [1.29, 1.82) is 0 Å². The van der Waals surface area contributed by atoms with Gasteiger partial charge in [0.2, 0.25) is 0 Å². The first-order valence-corrected chi connectivity index (χ1v) is 7.26. The van der Waals surface area contributed by atoms with Gasteiger partial charge in [-0.25, -0.2) is 4.98 Å². The van der Waals surface area contributed by atoms with Crippen molar-refractivity contribution >= 4 is 11.3 Å². The summed E-state index contributed by atoms with van der Waals surface area (Å²) in [5.41, 5.74) is 8.79. The maximum absolute atomic E-state index is 5.65. The van der Waals surface area contributed by atoms with Crippen LogP contribution in [-0.4, -0.2) is 47.5 Å². The van der Waals surface area contributed by atoms with Crippen LogP contribution in [0.2, 0.25) is 0 Å². The first-order chi connectivity index (χ1) is 9.67. The largest absolute Gasteiger partial charge is 0.370 e. The summed E-state index contributed by atoms with van der Waals surface area (Å²) < 4.78 is 2.07. The first-order valence-electron chi connectivity index (χ1n) is 7.26. The SMILES string of the molecule is CN1CCC(N(C)c2ccc3nc(CN)cn3c2)CC1. The summed E-state index contributed by atoms with van der Waals surface area (Å²) >= 11 is 0. The molecule has 3 rings (SSSR count). The molecule has 2 N–H and O–H groups in total. The Balaban J connectivity index is 1.82. The Bertz CT molecular complexity index is 583.